The number of ether oxygens (including phenoxy) is 1. The molecule has 1 aliphatic heterocycles. The van der Waals surface area contributed by atoms with Gasteiger partial charge < -0.3 is 15.0 Å². The minimum Gasteiger partial charge on any atom is -0.481 e. The molecule has 104 valence electrons. The molecule has 1 heterocycles. The Morgan fingerprint density at radius 1 is 1.32 bits per heavy atom. The monoisotopic (exact) mass is 262 g/mol. The second-order valence-corrected chi connectivity index (χ2v) is 4.83. The van der Waals surface area contributed by atoms with Crippen molar-refractivity contribution < 1.29 is 9.53 Å². The summed E-state index contributed by atoms with van der Waals surface area (Å²) in [4.78, 5) is 14.1. The van der Waals surface area contributed by atoms with E-state index >= 15 is 0 Å². The molecule has 0 saturated carbocycles. The molecule has 0 aliphatic carbocycles. The Labute approximate surface area is 114 Å². The fraction of sp³-hybridized carbons (Fsp3) is 0.533. The summed E-state index contributed by atoms with van der Waals surface area (Å²) < 4.78 is 5.72. The third-order valence-corrected chi connectivity index (χ3v) is 3.42. The van der Waals surface area contributed by atoms with Crippen LogP contribution in [0.5, 0.6) is 5.75 Å². The van der Waals surface area contributed by atoms with Gasteiger partial charge in [-0.3, -0.25) is 4.79 Å². The van der Waals surface area contributed by atoms with E-state index in [-0.39, 0.29) is 5.91 Å². The normalized spacial score (nSPS) is 17.1. The van der Waals surface area contributed by atoms with Crippen LogP contribution in [0.4, 0.5) is 0 Å². The molecule has 1 N–H and O–H groups in total. The molecule has 19 heavy (non-hydrogen) atoms. The lowest BCUT2D eigenvalue weighted by Crippen LogP contribution is -2.50. The second-order valence-electron chi connectivity index (χ2n) is 4.83. The molecule has 1 amide bonds. The number of benzene rings is 1. The molecule has 1 aliphatic rings. The van der Waals surface area contributed by atoms with E-state index in [9.17, 15) is 4.79 Å². The Balaban J connectivity index is 1.91. The summed E-state index contributed by atoms with van der Waals surface area (Å²) in [5.41, 5.74) is 1.27. The number of piperazine rings is 1. The van der Waals surface area contributed by atoms with Crippen molar-refractivity contribution in [3.63, 3.8) is 0 Å². The van der Waals surface area contributed by atoms with Crippen LogP contribution in [0.3, 0.4) is 0 Å². The first-order valence-electron chi connectivity index (χ1n) is 6.96. The van der Waals surface area contributed by atoms with Gasteiger partial charge in [-0.1, -0.05) is 19.1 Å². The molecule has 1 unspecified atom stereocenters. The SMILES string of the molecule is CCc1ccc(OC(C)C(=O)N2CCNCC2)cc1. The molecule has 1 saturated heterocycles. The first kappa shape index (κ1) is 13.9. The zero-order valence-electron chi connectivity index (χ0n) is 11.7. The minimum absolute atomic E-state index is 0.0704. The molecule has 2 rings (SSSR count). The third-order valence-electron chi connectivity index (χ3n) is 3.42. The van der Waals surface area contributed by atoms with Crippen molar-refractivity contribution >= 4 is 5.91 Å². The van der Waals surface area contributed by atoms with E-state index in [0.717, 1.165) is 38.3 Å². The number of nitrogens with one attached hydrogen (secondary N) is 1. The lowest BCUT2D eigenvalue weighted by Gasteiger charge is -2.29. The number of nitrogens with zero attached hydrogens (tertiary/aromatic N) is 1. The zero-order chi connectivity index (χ0) is 13.7. The highest BCUT2D eigenvalue weighted by Crippen LogP contribution is 2.15. The van der Waals surface area contributed by atoms with Gasteiger partial charge in [0, 0.05) is 26.2 Å². The van der Waals surface area contributed by atoms with Crippen molar-refractivity contribution in [2.75, 3.05) is 26.2 Å². The van der Waals surface area contributed by atoms with Crippen LogP contribution < -0.4 is 10.1 Å². The van der Waals surface area contributed by atoms with Gasteiger partial charge >= 0.3 is 0 Å². The van der Waals surface area contributed by atoms with Crippen LogP contribution in [-0.2, 0) is 11.2 Å². The average molecular weight is 262 g/mol. The van der Waals surface area contributed by atoms with Gasteiger partial charge in [0.2, 0.25) is 0 Å². The second kappa shape index (κ2) is 6.57. The van der Waals surface area contributed by atoms with Gasteiger partial charge in [0.25, 0.3) is 5.91 Å². The fourth-order valence-electron chi connectivity index (χ4n) is 2.20. The van der Waals surface area contributed by atoms with Crippen molar-refractivity contribution in [2.45, 2.75) is 26.4 Å². The average Bonchev–Trinajstić information content (AvgIpc) is 2.48. The third kappa shape index (κ3) is 3.70. The molecule has 1 atom stereocenters. The summed E-state index contributed by atoms with van der Waals surface area (Å²) in [6.45, 7) is 7.19. The molecule has 0 radical (unpaired) electrons. The van der Waals surface area contributed by atoms with Crippen molar-refractivity contribution in [1.82, 2.24) is 10.2 Å². The molecule has 0 spiro atoms. The van der Waals surface area contributed by atoms with Gasteiger partial charge in [-0.05, 0) is 31.0 Å². The first-order valence-corrected chi connectivity index (χ1v) is 6.96. The predicted molar refractivity (Wildman–Crippen MR) is 75.4 cm³/mol. The Bertz CT molecular complexity index is 411. The number of aryl methyl sites for hydroxylation is 1. The van der Waals surface area contributed by atoms with E-state index in [1.165, 1.54) is 5.56 Å². The summed E-state index contributed by atoms with van der Waals surface area (Å²) >= 11 is 0. The molecular formula is C15H22N2O2. The van der Waals surface area contributed by atoms with Crippen LogP contribution >= 0.6 is 0 Å². The zero-order valence-corrected chi connectivity index (χ0v) is 11.7. The van der Waals surface area contributed by atoms with Gasteiger partial charge in [0.1, 0.15) is 5.75 Å². The maximum absolute atomic E-state index is 12.2. The van der Waals surface area contributed by atoms with Crippen molar-refractivity contribution in [3.05, 3.63) is 29.8 Å². The maximum atomic E-state index is 12.2. The maximum Gasteiger partial charge on any atom is 0.263 e. The summed E-state index contributed by atoms with van der Waals surface area (Å²) in [5, 5.41) is 3.24. The standard InChI is InChI=1S/C15H22N2O2/c1-3-13-4-6-14(7-5-13)19-12(2)15(18)17-10-8-16-9-11-17/h4-7,12,16H,3,8-11H2,1-2H3. The summed E-state index contributed by atoms with van der Waals surface area (Å²) in [7, 11) is 0. The molecule has 1 fully saturated rings. The molecule has 1 aromatic carbocycles. The largest absolute Gasteiger partial charge is 0.481 e. The number of amides is 1. The summed E-state index contributed by atoms with van der Waals surface area (Å²) in [6.07, 6.45) is 0.584. The lowest BCUT2D eigenvalue weighted by molar-refractivity contribution is -0.138. The van der Waals surface area contributed by atoms with Crippen molar-refractivity contribution in [3.8, 4) is 5.75 Å². The van der Waals surface area contributed by atoms with Gasteiger partial charge in [-0.2, -0.15) is 0 Å². The minimum atomic E-state index is -0.425. The van der Waals surface area contributed by atoms with E-state index in [4.69, 9.17) is 4.74 Å². The quantitative estimate of drug-likeness (QED) is 0.893. The van der Waals surface area contributed by atoms with Crippen LogP contribution in [0.1, 0.15) is 19.4 Å². The lowest BCUT2D eigenvalue weighted by atomic mass is 10.2. The van der Waals surface area contributed by atoms with Crippen LogP contribution in [0.2, 0.25) is 0 Å². The van der Waals surface area contributed by atoms with E-state index in [0.29, 0.717) is 0 Å². The molecule has 1 aromatic rings. The highest BCUT2D eigenvalue weighted by atomic mass is 16.5. The predicted octanol–water partition coefficient (Wildman–Crippen LogP) is 1.45. The highest BCUT2D eigenvalue weighted by Gasteiger charge is 2.23. The molecule has 4 heteroatoms. The number of rotatable bonds is 4. The Morgan fingerprint density at radius 3 is 2.53 bits per heavy atom. The number of carbonyl (C=O) groups excluding carboxylic acids is 1. The van der Waals surface area contributed by atoms with Gasteiger partial charge in [0.15, 0.2) is 6.10 Å². The smallest absolute Gasteiger partial charge is 0.263 e. The van der Waals surface area contributed by atoms with Crippen molar-refractivity contribution in [2.24, 2.45) is 0 Å². The fourth-order valence-corrected chi connectivity index (χ4v) is 2.20. The summed E-state index contributed by atoms with van der Waals surface area (Å²) in [6, 6.07) is 7.94. The van der Waals surface area contributed by atoms with E-state index in [1.54, 1.807) is 0 Å². The van der Waals surface area contributed by atoms with Crippen LogP contribution in [0.25, 0.3) is 0 Å². The number of hydrogen-bond acceptors (Lipinski definition) is 3. The Morgan fingerprint density at radius 2 is 1.95 bits per heavy atom. The van der Waals surface area contributed by atoms with E-state index in [1.807, 2.05) is 36.1 Å². The van der Waals surface area contributed by atoms with E-state index < -0.39 is 6.10 Å². The number of carbonyl (C=O) groups is 1. The van der Waals surface area contributed by atoms with Crippen molar-refractivity contribution in [1.29, 1.82) is 0 Å². The van der Waals surface area contributed by atoms with Gasteiger partial charge in [-0.25, -0.2) is 0 Å². The van der Waals surface area contributed by atoms with Gasteiger partial charge in [-0.15, -0.1) is 0 Å². The first-order chi connectivity index (χ1) is 9.20. The van der Waals surface area contributed by atoms with Crippen LogP contribution in [-0.4, -0.2) is 43.1 Å². The highest BCUT2D eigenvalue weighted by molar-refractivity contribution is 5.81. The molecular weight excluding hydrogens is 240 g/mol. The van der Waals surface area contributed by atoms with Gasteiger partial charge in [0.05, 0.1) is 0 Å². The van der Waals surface area contributed by atoms with Crippen LogP contribution in [0.15, 0.2) is 24.3 Å². The molecule has 0 bridgehead atoms. The molecule has 4 nitrogen and oxygen atoms in total. The van der Waals surface area contributed by atoms with E-state index in [2.05, 4.69) is 12.2 Å². The van der Waals surface area contributed by atoms with Crippen LogP contribution in [0, 0.1) is 0 Å². The summed E-state index contributed by atoms with van der Waals surface area (Å²) in [5.74, 6) is 0.828. The number of hydrogen-bond donors (Lipinski definition) is 1. The Hall–Kier alpha value is -1.55. The topological polar surface area (TPSA) is 41.6 Å². The molecule has 0 aromatic heterocycles. The Kier molecular flexibility index (Phi) is 4.80.